The first-order valence-corrected chi connectivity index (χ1v) is 9.97. The molecule has 2 heterocycles. The molecule has 1 unspecified atom stereocenters. The lowest BCUT2D eigenvalue weighted by atomic mass is 9.96. The van der Waals surface area contributed by atoms with Gasteiger partial charge in [-0.3, -0.25) is 0 Å². The van der Waals surface area contributed by atoms with E-state index in [2.05, 4.69) is 24.1 Å². The SMILES string of the molecule is CC(C)CCN1CCC(CNC(=O)N2CCCCC2CCO)CC1. The summed E-state index contributed by atoms with van der Waals surface area (Å²) in [6, 6.07) is 0.303. The van der Waals surface area contributed by atoms with Gasteiger partial charge in [0.2, 0.25) is 0 Å². The van der Waals surface area contributed by atoms with Gasteiger partial charge in [-0.05, 0) is 76.4 Å². The van der Waals surface area contributed by atoms with Gasteiger partial charge in [0.15, 0.2) is 0 Å². The van der Waals surface area contributed by atoms with Crippen LogP contribution in [0.15, 0.2) is 0 Å². The summed E-state index contributed by atoms with van der Waals surface area (Å²) in [7, 11) is 0. The van der Waals surface area contributed by atoms with E-state index in [1.165, 1.54) is 45.3 Å². The van der Waals surface area contributed by atoms with Crippen LogP contribution < -0.4 is 5.32 Å². The molecule has 2 amide bonds. The van der Waals surface area contributed by atoms with Crippen molar-refractivity contribution in [2.45, 2.75) is 64.8 Å². The minimum Gasteiger partial charge on any atom is -0.396 e. The van der Waals surface area contributed by atoms with E-state index in [0.717, 1.165) is 31.8 Å². The van der Waals surface area contributed by atoms with Crippen LogP contribution in [-0.4, -0.2) is 66.3 Å². The maximum atomic E-state index is 12.5. The third-order valence-electron chi connectivity index (χ3n) is 5.62. The van der Waals surface area contributed by atoms with Crippen molar-refractivity contribution in [2.75, 3.05) is 39.3 Å². The van der Waals surface area contributed by atoms with E-state index in [-0.39, 0.29) is 18.7 Å². The number of rotatable bonds is 7. The number of piperidine rings is 2. The Balaban J connectivity index is 1.67. The number of hydrogen-bond acceptors (Lipinski definition) is 3. The van der Waals surface area contributed by atoms with E-state index in [1.807, 2.05) is 4.90 Å². The summed E-state index contributed by atoms with van der Waals surface area (Å²) < 4.78 is 0. The van der Waals surface area contributed by atoms with E-state index in [1.54, 1.807) is 0 Å². The van der Waals surface area contributed by atoms with Gasteiger partial charge in [-0.2, -0.15) is 0 Å². The van der Waals surface area contributed by atoms with Gasteiger partial charge in [0, 0.05) is 25.7 Å². The Hall–Kier alpha value is -0.810. The van der Waals surface area contributed by atoms with Gasteiger partial charge in [-0.25, -0.2) is 4.79 Å². The normalized spacial score (nSPS) is 23.7. The first-order chi connectivity index (χ1) is 11.6. The van der Waals surface area contributed by atoms with Gasteiger partial charge >= 0.3 is 6.03 Å². The monoisotopic (exact) mass is 339 g/mol. The second-order valence-electron chi connectivity index (χ2n) is 8.01. The summed E-state index contributed by atoms with van der Waals surface area (Å²) in [6.07, 6.45) is 7.66. The van der Waals surface area contributed by atoms with Gasteiger partial charge in [0.25, 0.3) is 0 Å². The van der Waals surface area contributed by atoms with E-state index < -0.39 is 0 Å². The Bertz CT molecular complexity index is 366. The van der Waals surface area contributed by atoms with Crippen LogP contribution in [-0.2, 0) is 0 Å². The molecule has 0 radical (unpaired) electrons. The van der Waals surface area contributed by atoms with Gasteiger partial charge in [-0.15, -0.1) is 0 Å². The number of aliphatic hydroxyl groups is 1. The zero-order valence-electron chi connectivity index (χ0n) is 15.7. The van der Waals surface area contributed by atoms with Crippen molar-refractivity contribution >= 4 is 6.03 Å². The van der Waals surface area contributed by atoms with E-state index >= 15 is 0 Å². The molecule has 2 N–H and O–H groups in total. The molecule has 0 saturated carbocycles. The van der Waals surface area contributed by atoms with Crippen molar-refractivity contribution in [3.8, 4) is 0 Å². The molecule has 2 saturated heterocycles. The zero-order chi connectivity index (χ0) is 17.4. The third kappa shape index (κ3) is 6.25. The molecule has 0 aromatic rings. The van der Waals surface area contributed by atoms with Crippen molar-refractivity contribution in [3.05, 3.63) is 0 Å². The number of nitrogens with zero attached hydrogens (tertiary/aromatic N) is 2. The molecule has 5 nitrogen and oxygen atoms in total. The highest BCUT2D eigenvalue weighted by atomic mass is 16.3. The summed E-state index contributed by atoms with van der Waals surface area (Å²) in [5.74, 6) is 1.39. The molecule has 2 aliphatic rings. The van der Waals surface area contributed by atoms with Crippen molar-refractivity contribution in [1.29, 1.82) is 0 Å². The Morgan fingerprint density at radius 3 is 2.58 bits per heavy atom. The third-order valence-corrected chi connectivity index (χ3v) is 5.62. The fraction of sp³-hybridized carbons (Fsp3) is 0.947. The van der Waals surface area contributed by atoms with E-state index in [0.29, 0.717) is 12.3 Å². The summed E-state index contributed by atoms with van der Waals surface area (Å²) >= 11 is 0. The second kappa shape index (κ2) is 10.2. The fourth-order valence-electron chi connectivity index (χ4n) is 3.91. The molecule has 0 bridgehead atoms. The van der Waals surface area contributed by atoms with Crippen molar-refractivity contribution < 1.29 is 9.90 Å². The lowest BCUT2D eigenvalue weighted by Crippen LogP contribution is -2.50. The number of urea groups is 1. The molecule has 2 fully saturated rings. The molecule has 0 spiro atoms. The molecular weight excluding hydrogens is 302 g/mol. The average molecular weight is 340 g/mol. The zero-order valence-corrected chi connectivity index (χ0v) is 15.7. The molecule has 0 aromatic carbocycles. The highest BCUT2D eigenvalue weighted by Gasteiger charge is 2.27. The van der Waals surface area contributed by atoms with Crippen LogP contribution in [0.25, 0.3) is 0 Å². The number of aliphatic hydroxyl groups excluding tert-OH is 1. The Kier molecular flexibility index (Phi) is 8.33. The summed E-state index contributed by atoms with van der Waals surface area (Å²) in [6.45, 7) is 9.94. The fourth-order valence-corrected chi connectivity index (χ4v) is 3.91. The van der Waals surface area contributed by atoms with E-state index in [4.69, 9.17) is 0 Å². The molecule has 140 valence electrons. The molecule has 1 atom stereocenters. The Morgan fingerprint density at radius 1 is 1.17 bits per heavy atom. The number of carbonyl (C=O) groups is 1. The Labute approximate surface area is 147 Å². The maximum absolute atomic E-state index is 12.5. The van der Waals surface area contributed by atoms with E-state index in [9.17, 15) is 9.90 Å². The van der Waals surface area contributed by atoms with Crippen LogP contribution in [0.5, 0.6) is 0 Å². The summed E-state index contributed by atoms with van der Waals surface area (Å²) in [5.41, 5.74) is 0. The topological polar surface area (TPSA) is 55.8 Å². The quantitative estimate of drug-likeness (QED) is 0.750. The van der Waals surface area contributed by atoms with Crippen molar-refractivity contribution in [1.82, 2.24) is 15.1 Å². The van der Waals surface area contributed by atoms with Crippen LogP contribution in [0.4, 0.5) is 4.79 Å². The maximum Gasteiger partial charge on any atom is 0.317 e. The second-order valence-corrected chi connectivity index (χ2v) is 8.01. The van der Waals surface area contributed by atoms with Gasteiger partial charge < -0.3 is 20.2 Å². The average Bonchev–Trinajstić information content (AvgIpc) is 2.59. The van der Waals surface area contributed by atoms with Gasteiger partial charge in [0.1, 0.15) is 0 Å². The molecule has 24 heavy (non-hydrogen) atoms. The smallest absolute Gasteiger partial charge is 0.317 e. The van der Waals surface area contributed by atoms with Gasteiger partial charge in [-0.1, -0.05) is 13.8 Å². The summed E-state index contributed by atoms with van der Waals surface area (Å²) in [4.78, 5) is 17.0. The molecule has 2 aliphatic heterocycles. The minimum atomic E-state index is 0.0791. The predicted molar refractivity (Wildman–Crippen MR) is 98.1 cm³/mol. The highest BCUT2D eigenvalue weighted by Crippen LogP contribution is 2.20. The molecule has 2 rings (SSSR count). The van der Waals surface area contributed by atoms with Crippen LogP contribution in [0.2, 0.25) is 0 Å². The first kappa shape index (κ1) is 19.5. The number of carbonyl (C=O) groups excluding carboxylic acids is 1. The van der Waals surface area contributed by atoms with Crippen molar-refractivity contribution in [3.63, 3.8) is 0 Å². The highest BCUT2D eigenvalue weighted by molar-refractivity contribution is 5.74. The standard InChI is InChI=1S/C19H37N3O2/c1-16(2)6-11-21-12-7-17(8-13-21)15-20-19(24)22-10-4-3-5-18(22)9-14-23/h16-18,23H,3-15H2,1-2H3,(H,20,24). The lowest BCUT2D eigenvalue weighted by molar-refractivity contribution is 0.127. The minimum absolute atomic E-state index is 0.0791. The molecule has 0 aromatic heterocycles. The van der Waals surface area contributed by atoms with Crippen molar-refractivity contribution in [2.24, 2.45) is 11.8 Å². The molecular formula is C19H37N3O2. The van der Waals surface area contributed by atoms with Gasteiger partial charge in [0.05, 0.1) is 0 Å². The summed E-state index contributed by atoms with van der Waals surface area (Å²) in [5, 5.41) is 12.4. The van der Waals surface area contributed by atoms with Crippen LogP contribution >= 0.6 is 0 Å². The Morgan fingerprint density at radius 2 is 1.92 bits per heavy atom. The number of amides is 2. The molecule has 0 aliphatic carbocycles. The lowest BCUT2D eigenvalue weighted by Gasteiger charge is -2.36. The predicted octanol–water partition coefficient (Wildman–Crippen LogP) is 2.69. The number of likely N-dealkylation sites (tertiary alicyclic amines) is 2. The van der Waals surface area contributed by atoms with Crippen LogP contribution in [0.1, 0.15) is 58.8 Å². The van der Waals surface area contributed by atoms with Crippen LogP contribution in [0.3, 0.4) is 0 Å². The first-order valence-electron chi connectivity index (χ1n) is 9.97. The van der Waals surface area contributed by atoms with Crippen LogP contribution in [0, 0.1) is 11.8 Å². The number of nitrogens with one attached hydrogen (secondary N) is 1. The largest absolute Gasteiger partial charge is 0.396 e. The number of hydrogen-bond donors (Lipinski definition) is 2. The molecule has 5 heteroatoms.